The standard InChI is InChI=1S/C11H13N5O2/c1-2-5-15-7-13-14-11(15)9-6-8(16(17)18)3-4-10(9)12/h3-4,6-7H,2,5,12H2,1H3. The van der Waals surface area contributed by atoms with Crippen LogP contribution in [0.1, 0.15) is 13.3 Å². The number of rotatable bonds is 4. The fraction of sp³-hybridized carbons (Fsp3) is 0.273. The SMILES string of the molecule is CCCn1cnnc1-c1cc([N+](=O)[O-])ccc1N. The molecule has 0 radical (unpaired) electrons. The fourth-order valence-electron chi connectivity index (χ4n) is 1.72. The van der Waals surface area contributed by atoms with Crippen LogP contribution in [0.25, 0.3) is 11.4 Å². The topological polar surface area (TPSA) is 99.9 Å². The van der Waals surface area contributed by atoms with E-state index in [-0.39, 0.29) is 5.69 Å². The Morgan fingerprint density at radius 2 is 2.28 bits per heavy atom. The summed E-state index contributed by atoms with van der Waals surface area (Å²) in [6.07, 6.45) is 2.51. The maximum Gasteiger partial charge on any atom is 0.270 e. The minimum absolute atomic E-state index is 0.00903. The number of non-ortho nitro benzene ring substituents is 1. The van der Waals surface area contributed by atoms with Crippen LogP contribution in [-0.4, -0.2) is 19.7 Å². The zero-order valence-electron chi connectivity index (χ0n) is 9.91. The molecule has 94 valence electrons. The normalized spacial score (nSPS) is 10.5. The van der Waals surface area contributed by atoms with Crippen molar-refractivity contribution < 1.29 is 4.92 Å². The highest BCUT2D eigenvalue weighted by Gasteiger charge is 2.15. The van der Waals surface area contributed by atoms with Crippen LogP contribution in [0.2, 0.25) is 0 Å². The Kier molecular flexibility index (Phi) is 3.22. The van der Waals surface area contributed by atoms with Crippen molar-refractivity contribution in [2.45, 2.75) is 19.9 Å². The first-order valence-electron chi connectivity index (χ1n) is 5.55. The molecule has 1 heterocycles. The lowest BCUT2D eigenvalue weighted by Crippen LogP contribution is -2.01. The summed E-state index contributed by atoms with van der Waals surface area (Å²) < 4.78 is 1.83. The molecule has 0 saturated heterocycles. The van der Waals surface area contributed by atoms with E-state index in [1.165, 1.54) is 18.2 Å². The van der Waals surface area contributed by atoms with Crippen molar-refractivity contribution in [3.63, 3.8) is 0 Å². The molecule has 2 rings (SSSR count). The van der Waals surface area contributed by atoms with Crippen LogP contribution >= 0.6 is 0 Å². The van der Waals surface area contributed by atoms with E-state index < -0.39 is 4.92 Å². The molecule has 1 aromatic heterocycles. The number of nitrogens with two attached hydrogens (primary N) is 1. The first-order valence-corrected chi connectivity index (χ1v) is 5.55. The van der Waals surface area contributed by atoms with Crippen LogP contribution in [0.5, 0.6) is 0 Å². The summed E-state index contributed by atoms with van der Waals surface area (Å²) >= 11 is 0. The Balaban J connectivity index is 2.52. The summed E-state index contributed by atoms with van der Waals surface area (Å²) in [4.78, 5) is 10.3. The van der Waals surface area contributed by atoms with Crippen molar-refractivity contribution in [3.05, 3.63) is 34.6 Å². The summed E-state index contributed by atoms with van der Waals surface area (Å²) in [6, 6.07) is 4.31. The molecule has 2 N–H and O–H groups in total. The smallest absolute Gasteiger partial charge is 0.270 e. The predicted octanol–water partition coefficient (Wildman–Crippen LogP) is 1.85. The molecule has 0 bridgehead atoms. The molecular formula is C11H13N5O2. The second-order valence-electron chi connectivity index (χ2n) is 3.88. The summed E-state index contributed by atoms with van der Waals surface area (Å²) in [5, 5.41) is 18.6. The van der Waals surface area contributed by atoms with Gasteiger partial charge in [0.25, 0.3) is 5.69 Å². The molecule has 18 heavy (non-hydrogen) atoms. The highest BCUT2D eigenvalue weighted by Crippen LogP contribution is 2.28. The van der Waals surface area contributed by atoms with Gasteiger partial charge in [0.2, 0.25) is 0 Å². The number of nitro groups is 1. The van der Waals surface area contributed by atoms with Gasteiger partial charge in [-0.2, -0.15) is 0 Å². The average Bonchev–Trinajstić information content (AvgIpc) is 2.78. The number of hydrogen-bond acceptors (Lipinski definition) is 5. The number of nitrogens with zero attached hydrogens (tertiary/aromatic N) is 4. The van der Waals surface area contributed by atoms with Gasteiger partial charge in [-0.3, -0.25) is 10.1 Å². The zero-order valence-corrected chi connectivity index (χ0v) is 9.91. The van der Waals surface area contributed by atoms with Crippen LogP contribution in [0, 0.1) is 10.1 Å². The number of hydrogen-bond donors (Lipinski definition) is 1. The molecule has 0 aliphatic rings. The van der Waals surface area contributed by atoms with Crippen molar-refractivity contribution in [2.24, 2.45) is 0 Å². The van der Waals surface area contributed by atoms with Crippen molar-refractivity contribution in [2.75, 3.05) is 5.73 Å². The Labute approximate surface area is 103 Å². The highest BCUT2D eigenvalue weighted by molar-refractivity contribution is 5.74. The van der Waals surface area contributed by atoms with E-state index in [9.17, 15) is 10.1 Å². The van der Waals surface area contributed by atoms with E-state index in [4.69, 9.17) is 5.73 Å². The van der Waals surface area contributed by atoms with Gasteiger partial charge in [-0.15, -0.1) is 10.2 Å². The van der Waals surface area contributed by atoms with Gasteiger partial charge in [0, 0.05) is 29.9 Å². The van der Waals surface area contributed by atoms with Gasteiger partial charge >= 0.3 is 0 Å². The van der Waals surface area contributed by atoms with E-state index in [1.54, 1.807) is 6.33 Å². The van der Waals surface area contributed by atoms with Gasteiger partial charge in [0.1, 0.15) is 6.33 Å². The van der Waals surface area contributed by atoms with Gasteiger partial charge in [-0.25, -0.2) is 0 Å². The zero-order chi connectivity index (χ0) is 13.1. The second-order valence-corrected chi connectivity index (χ2v) is 3.88. The van der Waals surface area contributed by atoms with Crippen LogP contribution in [-0.2, 0) is 6.54 Å². The maximum atomic E-state index is 10.8. The summed E-state index contributed by atoms with van der Waals surface area (Å²) in [5.74, 6) is 0.554. The highest BCUT2D eigenvalue weighted by atomic mass is 16.6. The van der Waals surface area contributed by atoms with Crippen LogP contribution < -0.4 is 5.73 Å². The Hall–Kier alpha value is -2.44. The third-order valence-electron chi connectivity index (χ3n) is 2.57. The molecule has 7 nitrogen and oxygen atoms in total. The number of aromatic nitrogens is 3. The fourth-order valence-corrected chi connectivity index (χ4v) is 1.72. The monoisotopic (exact) mass is 247 g/mol. The molecule has 0 amide bonds. The van der Waals surface area contributed by atoms with E-state index in [0.717, 1.165) is 13.0 Å². The van der Waals surface area contributed by atoms with E-state index in [0.29, 0.717) is 17.1 Å². The lowest BCUT2D eigenvalue weighted by atomic mass is 10.1. The Morgan fingerprint density at radius 1 is 1.50 bits per heavy atom. The summed E-state index contributed by atoms with van der Waals surface area (Å²) in [6.45, 7) is 2.77. The number of benzene rings is 1. The molecule has 7 heteroatoms. The van der Waals surface area contributed by atoms with Gasteiger partial charge < -0.3 is 10.3 Å². The minimum Gasteiger partial charge on any atom is -0.398 e. The van der Waals surface area contributed by atoms with Crippen LogP contribution in [0.4, 0.5) is 11.4 Å². The molecule has 2 aromatic rings. The Morgan fingerprint density at radius 3 is 2.94 bits per heavy atom. The Bertz CT molecular complexity index is 579. The lowest BCUT2D eigenvalue weighted by molar-refractivity contribution is -0.384. The molecule has 0 spiro atoms. The van der Waals surface area contributed by atoms with Crippen LogP contribution in [0.3, 0.4) is 0 Å². The van der Waals surface area contributed by atoms with E-state index >= 15 is 0 Å². The summed E-state index contributed by atoms with van der Waals surface area (Å²) in [7, 11) is 0. The quantitative estimate of drug-likeness (QED) is 0.504. The number of anilines is 1. The molecule has 0 aliphatic heterocycles. The predicted molar refractivity (Wildman–Crippen MR) is 66.8 cm³/mol. The first kappa shape index (κ1) is 12.0. The first-order chi connectivity index (χ1) is 8.63. The number of aryl methyl sites for hydroxylation is 1. The van der Waals surface area contributed by atoms with E-state index in [1.807, 2.05) is 11.5 Å². The van der Waals surface area contributed by atoms with Gasteiger partial charge in [-0.1, -0.05) is 6.92 Å². The molecule has 0 unspecified atom stereocenters. The average molecular weight is 247 g/mol. The van der Waals surface area contributed by atoms with Crippen molar-refractivity contribution in [1.82, 2.24) is 14.8 Å². The largest absolute Gasteiger partial charge is 0.398 e. The van der Waals surface area contributed by atoms with Crippen molar-refractivity contribution in [3.8, 4) is 11.4 Å². The van der Waals surface area contributed by atoms with Gasteiger partial charge in [-0.05, 0) is 12.5 Å². The van der Waals surface area contributed by atoms with Crippen LogP contribution in [0.15, 0.2) is 24.5 Å². The molecule has 1 aromatic carbocycles. The van der Waals surface area contributed by atoms with Crippen molar-refractivity contribution in [1.29, 1.82) is 0 Å². The van der Waals surface area contributed by atoms with E-state index in [2.05, 4.69) is 10.2 Å². The second kappa shape index (κ2) is 4.82. The lowest BCUT2D eigenvalue weighted by Gasteiger charge is -2.07. The minimum atomic E-state index is -0.455. The van der Waals surface area contributed by atoms with Gasteiger partial charge in [0.15, 0.2) is 5.82 Å². The third-order valence-corrected chi connectivity index (χ3v) is 2.57. The molecule has 0 aliphatic carbocycles. The third kappa shape index (κ3) is 2.15. The maximum absolute atomic E-state index is 10.8. The number of nitrogen functional groups attached to an aromatic ring is 1. The molecule has 0 saturated carbocycles. The molecule has 0 atom stereocenters. The molecular weight excluding hydrogens is 234 g/mol. The van der Waals surface area contributed by atoms with Gasteiger partial charge in [0.05, 0.1) is 4.92 Å². The molecule has 0 fully saturated rings. The van der Waals surface area contributed by atoms with Crippen molar-refractivity contribution >= 4 is 11.4 Å². The summed E-state index contributed by atoms with van der Waals surface area (Å²) in [5.41, 5.74) is 6.82. The number of nitro benzene ring substituents is 1.